The van der Waals surface area contributed by atoms with Crippen molar-refractivity contribution in [3.63, 3.8) is 0 Å². The Kier molecular flexibility index (Phi) is 3.97. The highest BCUT2D eigenvalue weighted by Gasteiger charge is 2.32. The molecular weight excluding hydrogens is 356 g/mol. The lowest BCUT2D eigenvalue weighted by atomic mass is 10.4. The molecule has 130 valence electrons. The summed E-state index contributed by atoms with van der Waals surface area (Å²) in [4.78, 5) is 7.87. The zero-order valence-corrected chi connectivity index (χ0v) is 15.3. The van der Waals surface area contributed by atoms with E-state index in [1.54, 1.807) is 23.1 Å². The predicted octanol–water partition coefficient (Wildman–Crippen LogP) is 3.62. The van der Waals surface area contributed by atoms with Crippen LogP contribution in [0, 0.1) is 0 Å². The van der Waals surface area contributed by atoms with Crippen molar-refractivity contribution in [2.24, 2.45) is 0 Å². The molecule has 1 saturated carbocycles. The quantitative estimate of drug-likeness (QED) is 0.610. The molecule has 0 radical (unpaired) electrons. The molecule has 0 amide bonds. The van der Waals surface area contributed by atoms with Gasteiger partial charge in [0.2, 0.25) is 17.7 Å². The van der Waals surface area contributed by atoms with E-state index in [2.05, 4.69) is 29.8 Å². The van der Waals surface area contributed by atoms with Crippen LogP contribution in [0.3, 0.4) is 0 Å². The molecule has 0 unspecified atom stereocenters. The van der Waals surface area contributed by atoms with Crippen molar-refractivity contribution in [2.75, 3.05) is 18.0 Å². The Bertz CT molecular complexity index is 848. The molecule has 1 aliphatic carbocycles. The second-order valence-electron chi connectivity index (χ2n) is 6.36. The summed E-state index contributed by atoms with van der Waals surface area (Å²) in [5.74, 6) is 2.93. The maximum Gasteiger partial charge on any atom is 0.237 e. The average molecular weight is 374 g/mol. The molecule has 0 atom stereocenters. The van der Waals surface area contributed by atoms with Crippen molar-refractivity contribution in [3.8, 4) is 10.7 Å². The van der Waals surface area contributed by atoms with Gasteiger partial charge < -0.3 is 9.42 Å². The van der Waals surface area contributed by atoms with E-state index in [0.29, 0.717) is 23.5 Å². The summed E-state index contributed by atoms with van der Waals surface area (Å²) in [6.45, 7) is 2.17. The van der Waals surface area contributed by atoms with E-state index in [1.807, 2.05) is 17.5 Å². The van der Waals surface area contributed by atoms with E-state index in [1.165, 1.54) is 25.7 Å². The van der Waals surface area contributed by atoms with E-state index >= 15 is 0 Å². The van der Waals surface area contributed by atoms with Crippen LogP contribution < -0.4 is 4.90 Å². The Morgan fingerprint density at radius 2 is 2.12 bits per heavy atom. The monoisotopic (exact) mass is 374 g/mol. The van der Waals surface area contributed by atoms with E-state index < -0.39 is 0 Å². The number of aromatic nitrogens is 5. The molecule has 0 bridgehead atoms. The van der Waals surface area contributed by atoms with Crippen LogP contribution in [-0.2, 0) is 5.75 Å². The molecule has 5 rings (SSSR count). The third-order valence-electron chi connectivity index (χ3n) is 4.48. The first-order valence-electron chi connectivity index (χ1n) is 8.57. The fourth-order valence-corrected chi connectivity index (χ4v) is 4.59. The molecular formula is C16H18N6OS2. The van der Waals surface area contributed by atoms with Crippen molar-refractivity contribution in [1.82, 2.24) is 24.9 Å². The Labute approximate surface area is 153 Å². The van der Waals surface area contributed by atoms with Gasteiger partial charge in [-0.2, -0.15) is 4.98 Å². The van der Waals surface area contributed by atoms with Crippen LogP contribution in [0.1, 0.15) is 37.6 Å². The Morgan fingerprint density at radius 3 is 2.88 bits per heavy atom. The average Bonchev–Trinajstić information content (AvgIpc) is 3.16. The third-order valence-corrected chi connectivity index (χ3v) is 6.28. The molecule has 9 heteroatoms. The van der Waals surface area contributed by atoms with Crippen molar-refractivity contribution in [2.45, 2.75) is 42.6 Å². The maximum absolute atomic E-state index is 5.39. The molecule has 3 aromatic rings. The lowest BCUT2D eigenvalue weighted by molar-refractivity contribution is 0.391. The van der Waals surface area contributed by atoms with Gasteiger partial charge in [-0.15, -0.1) is 21.5 Å². The van der Waals surface area contributed by atoms with E-state index in [4.69, 9.17) is 4.52 Å². The zero-order valence-electron chi connectivity index (χ0n) is 13.7. The topological polar surface area (TPSA) is 72.9 Å². The van der Waals surface area contributed by atoms with E-state index in [0.717, 1.165) is 29.1 Å². The zero-order chi connectivity index (χ0) is 16.6. The molecule has 1 saturated heterocycles. The maximum atomic E-state index is 5.39. The normalized spacial score (nSPS) is 17.5. The third kappa shape index (κ3) is 3.06. The summed E-state index contributed by atoms with van der Waals surface area (Å²) in [7, 11) is 0. The van der Waals surface area contributed by atoms with Gasteiger partial charge in [0.05, 0.1) is 10.6 Å². The lowest BCUT2D eigenvalue weighted by Gasteiger charge is -2.17. The summed E-state index contributed by atoms with van der Waals surface area (Å²) in [6.07, 6.45) is 4.92. The van der Waals surface area contributed by atoms with Crippen LogP contribution in [-0.4, -0.2) is 38.0 Å². The highest BCUT2D eigenvalue weighted by Crippen LogP contribution is 2.41. The molecule has 1 aliphatic heterocycles. The summed E-state index contributed by atoms with van der Waals surface area (Å²) in [5, 5.41) is 16.0. The minimum atomic E-state index is 0.553. The lowest BCUT2D eigenvalue weighted by Crippen LogP contribution is -2.22. The molecule has 2 fully saturated rings. The Balaban J connectivity index is 1.33. The van der Waals surface area contributed by atoms with Gasteiger partial charge in [0, 0.05) is 19.1 Å². The van der Waals surface area contributed by atoms with Crippen LogP contribution in [0.2, 0.25) is 0 Å². The first-order chi connectivity index (χ1) is 12.4. The van der Waals surface area contributed by atoms with Gasteiger partial charge in [0.15, 0.2) is 5.16 Å². The van der Waals surface area contributed by atoms with E-state index in [-0.39, 0.29) is 0 Å². The number of thioether (sulfide) groups is 1. The fraction of sp³-hybridized carbons (Fsp3) is 0.500. The minimum Gasteiger partial charge on any atom is -0.341 e. The number of thiophene rings is 1. The summed E-state index contributed by atoms with van der Waals surface area (Å²) < 4.78 is 7.70. The van der Waals surface area contributed by atoms with Crippen molar-refractivity contribution < 1.29 is 4.52 Å². The number of anilines is 1. The largest absolute Gasteiger partial charge is 0.341 e. The SMILES string of the molecule is c1csc(-c2noc(CSc3nnc(N4CCCC4)n3C3CC3)n2)c1. The van der Waals surface area contributed by atoms with Gasteiger partial charge in [0.1, 0.15) is 0 Å². The number of nitrogens with zero attached hydrogens (tertiary/aromatic N) is 6. The Morgan fingerprint density at radius 1 is 1.24 bits per heavy atom. The molecule has 3 aromatic heterocycles. The van der Waals surface area contributed by atoms with Gasteiger partial charge in [-0.1, -0.05) is 23.0 Å². The smallest absolute Gasteiger partial charge is 0.237 e. The molecule has 7 nitrogen and oxygen atoms in total. The van der Waals surface area contributed by atoms with Crippen LogP contribution in [0.4, 0.5) is 5.95 Å². The molecule has 0 spiro atoms. The first kappa shape index (κ1) is 15.4. The number of rotatable bonds is 6. The van der Waals surface area contributed by atoms with Crippen LogP contribution in [0.5, 0.6) is 0 Å². The molecule has 0 N–H and O–H groups in total. The van der Waals surface area contributed by atoms with Crippen molar-refractivity contribution >= 4 is 29.0 Å². The molecule has 25 heavy (non-hydrogen) atoms. The van der Waals surface area contributed by atoms with Crippen LogP contribution in [0.25, 0.3) is 10.7 Å². The van der Waals surface area contributed by atoms with Gasteiger partial charge in [-0.3, -0.25) is 4.57 Å². The fourth-order valence-electron chi connectivity index (χ4n) is 3.10. The minimum absolute atomic E-state index is 0.553. The molecule has 2 aliphatic rings. The van der Waals surface area contributed by atoms with Crippen LogP contribution >= 0.6 is 23.1 Å². The second kappa shape index (κ2) is 6.45. The van der Waals surface area contributed by atoms with Gasteiger partial charge in [0.25, 0.3) is 0 Å². The first-order valence-corrected chi connectivity index (χ1v) is 10.4. The standard InChI is InChI=1S/C16H18N6OS2/c1-2-8-21(7-1)15-18-19-16(22(15)11-5-6-11)25-10-13-17-14(20-23-13)12-4-3-9-24-12/h3-4,9,11H,1-2,5-8,10H2. The van der Waals surface area contributed by atoms with Gasteiger partial charge in [-0.25, -0.2) is 0 Å². The molecule has 4 heterocycles. The number of hydrogen-bond donors (Lipinski definition) is 0. The Hall–Kier alpha value is -1.87. The predicted molar refractivity (Wildman–Crippen MR) is 96.9 cm³/mol. The van der Waals surface area contributed by atoms with Crippen LogP contribution in [0.15, 0.2) is 27.2 Å². The summed E-state index contributed by atoms with van der Waals surface area (Å²) in [5.41, 5.74) is 0. The van der Waals surface area contributed by atoms with Gasteiger partial charge in [-0.05, 0) is 37.1 Å². The van der Waals surface area contributed by atoms with E-state index in [9.17, 15) is 0 Å². The molecule has 0 aromatic carbocycles. The van der Waals surface area contributed by atoms with Gasteiger partial charge >= 0.3 is 0 Å². The highest BCUT2D eigenvalue weighted by atomic mass is 32.2. The summed E-state index contributed by atoms with van der Waals surface area (Å²) >= 11 is 3.24. The highest BCUT2D eigenvalue weighted by molar-refractivity contribution is 7.98. The number of hydrogen-bond acceptors (Lipinski definition) is 8. The summed E-state index contributed by atoms with van der Waals surface area (Å²) in [6, 6.07) is 4.54. The van der Waals surface area contributed by atoms with Crippen molar-refractivity contribution in [1.29, 1.82) is 0 Å². The second-order valence-corrected chi connectivity index (χ2v) is 8.25. The van der Waals surface area contributed by atoms with Crippen molar-refractivity contribution in [3.05, 3.63) is 23.4 Å².